The zero-order valence-electron chi connectivity index (χ0n) is 8.13. The molecule has 0 spiro atoms. The van der Waals surface area contributed by atoms with Crippen LogP contribution in [-0.2, 0) is 13.1 Å². The maximum absolute atomic E-state index is 12.2. The molecule has 0 aliphatic carbocycles. The Bertz CT molecular complexity index is 281. The van der Waals surface area contributed by atoms with Crippen LogP contribution in [0, 0.1) is 5.92 Å². The number of rotatable bonds is 3. The van der Waals surface area contributed by atoms with E-state index in [2.05, 4.69) is 10.3 Å². The van der Waals surface area contributed by atoms with Crippen molar-refractivity contribution in [3.8, 4) is 0 Å². The largest absolute Gasteiger partial charge is 0.443 e. The molecule has 2 rings (SSSR count). The minimum absolute atomic E-state index is 0.342. The highest BCUT2D eigenvalue weighted by atomic mass is 19.1. The maximum atomic E-state index is 12.2. The number of aromatic nitrogens is 1. The zero-order valence-corrected chi connectivity index (χ0v) is 8.13. The number of hydrogen-bond donors (Lipinski definition) is 1. The molecule has 0 radical (unpaired) electrons. The third-order valence-corrected chi connectivity index (χ3v) is 2.66. The Kier molecular flexibility index (Phi) is 3.14. The van der Waals surface area contributed by atoms with Crippen LogP contribution in [0.5, 0.6) is 0 Å². The highest BCUT2D eigenvalue weighted by Gasteiger charge is 2.16. The summed E-state index contributed by atoms with van der Waals surface area (Å²) in [5.74, 6) is 1.67. The van der Waals surface area contributed by atoms with E-state index in [0.717, 1.165) is 32.4 Å². The number of halogens is 1. The molecule has 1 fully saturated rings. The number of piperidine rings is 1. The van der Waals surface area contributed by atoms with Crippen LogP contribution in [-0.4, -0.2) is 18.1 Å². The van der Waals surface area contributed by atoms with Gasteiger partial charge in [-0.2, -0.15) is 0 Å². The average molecular weight is 198 g/mol. The van der Waals surface area contributed by atoms with E-state index in [1.165, 1.54) is 6.20 Å². The molecule has 0 atom stereocenters. The molecule has 0 aromatic carbocycles. The molecule has 2 heterocycles. The fraction of sp³-hybridized carbons (Fsp3) is 0.700. The lowest BCUT2D eigenvalue weighted by molar-refractivity contribution is 0.323. The van der Waals surface area contributed by atoms with Gasteiger partial charge in [0.05, 0.1) is 6.20 Å². The molecule has 1 aromatic heterocycles. The predicted molar refractivity (Wildman–Crippen MR) is 50.6 cm³/mol. The molecule has 3 nitrogen and oxygen atoms in total. The summed E-state index contributed by atoms with van der Waals surface area (Å²) in [7, 11) is 0. The van der Waals surface area contributed by atoms with Crippen molar-refractivity contribution in [2.24, 2.45) is 5.92 Å². The molecule has 0 unspecified atom stereocenters. The number of nitrogens with zero attached hydrogens (tertiary/aromatic N) is 1. The minimum atomic E-state index is -0.556. The van der Waals surface area contributed by atoms with Gasteiger partial charge in [0, 0.05) is 6.42 Å². The molecule has 0 saturated carbocycles. The molecular weight excluding hydrogens is 183 g/mol. The van der Waals surface area contributed by atoms with Crippen LogP contribution >= 0.6 is 0 Å². The molecule has 4 heteroatoms. The van der Waals surface area contributed by atoms with Crippen LogP contribution in [0.3, 0.4) is 0 Å². The Hall–Kier alpha value is -0.900. The van der Waals surface area contributed by atoms with Gasteiger partial charge < -0.3 is 9.73 Å². The van der Waals surface area contributed by atoms with E-state index in [1.54, 1.807) is 0 Å². The second-order valence-electron chi connectivity index (χ2n) is 3.75. The Morgan fingerprint density at radius 3 is 2.93 bits per heavy atom. The van der Waals surface area contributed by atoms with E-state index in [4.69, 9.17) is 4.42 Å². The first-order chi connectivity index (χ1) is 6.88. The van der Waals surface area contributed by atoms with Crippen LogP contribution < -0.4 is 5.32 Å². The minimum Gasteiger partial charge on any atom is -0.443 e. The van der Waals surface area contributed by atoms with Crippen molar-refractivity contribution in [1.29, 1.82) is 0 Å². The molecule has 0 bridgehead atoms. The summed E-state index contributed by atoms with van der Waals surface area (Å²) in [5.41, 5.74) is 0. The molecule has 1 aliphatic rings. The van der Waals surface area contributed by atoms with Gasteiger partial charge in [0.2, 0.25) is 0 Å². The van der Waals surface area contributed by atoms with E-state index in [1.807, 2.05) is 0 Å². The Morgan fingerprint density at radius 2 is 2.29 bits per heavy atom. The van der Waals surface area contributed by atoms with E-state index in [-0.39, 0.29) is 0 Å². The monoisotopic (exact) mass is 198 g/mol. The van der Waals surface area contributed by atoms with Crippen molar-refractivity contribution >= 4 is 0 Å². The summed E-state index contributed by atoms with van der Waals surface area (Å²) in [6.07, 6.45) is 4.65. The molecule has 78 valence electrons. The fourth-order valence-electron chi connectivity index (χ4n) is 1.84. The molecule has 1 aliphatic heterocycles. The molecule has 1 saturated heterocycles. The third-order valence-electron chi connectivity index (χ3n) is 2.66. The van der Waals surface area contributed by atoms with Gasteiger partial charge in [-0.1, -0.05) is 0 Å². The number of hydrogen-bond acceptors (Lipinski definition) is 3. The first-order valence-corrected chi connectivity index (χ1v) is 5.08. The second kappa shape index (κ2) is 4.55. The quantitative estimate of drug-likeness (QED) is 0.803. The van der Waals surface area contributed by atoms with E-state index in [0.29, 0.717) is 17.6 Å². The first-order valence-electron chi connectivity index (χ1n) is 5.08. The first kappa shape index (κ1) is 9.65. The van der Waals surface area contributed by atoms with Crippen molar-refractivity contribution in [3.05, 3.63) is 17.8 Å². The highest BCUT2D eigenvalue weighted by molar-refractivity contribution is 4.93. The van der Waals surface area contributed by atoms with Crippen molar-refractivity contribution in [2.75, 3.05) is 13.1 Å². The summed E-state index contributed by atoms with van der Waals surface area (Å²) < 4.78 is 17.4. The van der Waals surface area contributed by atoms with Gasteiger partial charge in [-0.05, 0) is 31.8 Å². The smallest absolute Gasteiger partial charge is 0.194 e. The fourth-order valence-corrected chi connectivity index (χ4v) is 1.84. The van der Waals surface area contributed by atoms with Crippen molar-refractivity contribution in [1.82, 2.24) is 10.3 Å². The Morgan fingerprint density at radius 1 is 1.50 bits per heavy atom. The third kappa shape index (κ3) is 2.32. The molecule has 1 aromatic rings. The maximum Gasteiger partial charge on any atom is 0.194 e. The lowest BCUT2D eigenvalue weighted by atomic mass is 9.95. The van der Waals surface area contributed by atoms with Gasteiger partial charge in [-0.3, -0.25) is 0 Å². The van der Waals surface area contributed by atoms with E-state index < -0.39 is 6.67 Å². The zero-order chi connectivity index (χ0) is 9.80. The van der Waals surface area contributed by atoms with Crippen LogP contribution in [0.4, 0.5) is 4.39 Å². The van der Waals surface area contributed by atoms with Crippen molar-refractivity contribution in [2.45, 2.75) is 25.9 Å². The van der Waals surface area contributed by atoms with Gasteiger partial charge in [-0.25, -0.2) is 9.37 Å². The normalized spacial score (nSPS) is 18.6. The van der Waals surface area contributed by atoms with Gasteiger partial charge >= 0.3 is 0 Å². The molecule has 0 amide bonds. The number of nitrogens with one attached hydrogen (secondary N) is 1. The lowest BCUT2D eigenvalue weighted by Gasteiger charge is -2.20. The number of alkyl halides is 1. The summed E-state index contributed by atoms with van der Waals surface area (Å²) in [5, 5.41) is 3.31. The lowest BCUT2D eigenvalue weighted by Crippen LogP contribution is -2.28. The van der Waals surface area contributed by atoms with Crippen LogP contribution in [0.2, 0.25) is 0 Å². The summed E-state index contributed by atoms with van der Waals surface area (Å²) in [6.45, 7) is 1.59. The second-order valence-corrected chi connectivity index (χ2v) is 3.75. The molecule has 1 N–H and O–H groups in total. The van der Waals surface area contributed by atoms with E-state index in [9.17, 15) is 4.39 Å². The summed E-state index contributed by atoms with van der Waals surface area (Å²) >= 11 is 0. The predicted octanol–water partition coefficient (Wildman–Crippen LogP) is 1.69. The van der Waals surface area contributed by atoms with Gasteiger partial charge in [0.25, 0.3) is 0 Å². The van der Waals surface area contributed by atoms with Crippen molar-refractivity contribution < 1.29 is 8.81 Å². The van der Waals surface area contributed by atoms with E-state index >= 15 is 0 Å². The SMILES string of the molecule is FCc1cnc(CC2CCNCC2)o1. The summed E-state index contributed by atoms with van der Waals surface area (Å²) in [6, 6.07) is 0. The van der Waals surface area contributed by atoms with Crippen molar-refractivity contribution in [3.63, 3.8) is 0 Å². The van der Waals surface area contributed by atoms with Gasteiger partial charge in [-0.15, -0.1) is 0 Å². The van der Waals surface area contributed by atoms with Crippen LogP contribution in [0.1, 0.15) is 24.5 Å². The number of oxazole rings is 1. The Labute approximate surface area is 82.7 Å². The van der Waals surface area contributed by atoms with Gasteiger partial charge in [0.1, 0.15) is 6.67 Å². The highest BCUT2D eigenvalue weighted by Crippen LogP contribution is 2.18. The van der Waals surface area contributed by atoms with Crippen LogP contribution in [0.25, 0.3) is 0 Å². The molecular formula is C10H15FN2O. The average Bonchev–Trinajstić information content (AvgIpc) is 2.67. The van der Waals surface area contributed by atoms with Gasteiger partial charge in [0.15, 0.2) is 11.7 Å². The standard InChI is InChI=1S/C10H15FN2O/c11-6-9-7-13-10(14-9)5-8-1-3-12-4-2-8/h7-8,12H,1-6H2. The molecule has 14 heavy (non-hydrogen) atoms. The Balaban J connectivity index is 1.89. The topological polar surface area (TPSA) is 38.1 Å². The van der Waals surface area contributed by atoms with Crippen LogP contribution in [0.15, 0.2) is 10.6 Å². The summed E-state index contributed by atoms with van der Waals surface area (Å²) in [4.78, 5) is 4.05.